The number of aryl methyl sites for hydroxylation is 1. The third kappa shape index (κ3) is 3.40. The van der Waals surface area contributed by atoms with Gasteiger partial charge in [0, 0.05) is 39.0 Å². The first-order valence-electron chi connectivity index (χ1n) is 6.82. The van der Waals surface area contributed by atoms with Crippen LogP contribution >= 0.6 is 0 Å². The first-order chi connectivity index (χ1) is 10.2. The summed E-state index contributed by atoms with van der Waals surface area (Å²) < 4.78 is 40.1. The summed E-state index contributed by atoms with van der Waals surface area (Å²) in [5.74, 6) is -0.563. The number of aromatic nitrogens is 2. The predicted molar refractivity (Wildman–Crippen MR) is 73.4 cm³/mol. The topological polar surface area (TPSA) is 67.2 Å². The number of halogens is 3. The van der Waals surface area contributed by atoms with Gasteiger partial charge in [-0.3, -0.25) is 9.59 Å². The van der Waals surface area contributed by atoms with E-state index < -0.39 is 24.2 Å². The summed E-state index contributed by atoms with van der Waals surface area (Å²) in [6, 6.07) is -2.21. The Hall–Kier alpha value is -2.06. The molecule has 22 heavy (non-hydrogen) atoms. The molecule has 1 aliphatic rings. The Morgan fingerprint density at radius 3 is 2.68 bits per heavy atom. The van der Waals surface area contributed by atoms with Crippen LogP contribution in [-0.2, 0) is 11.8 Å². The minimum absolute atomic E-state index is 0.0731. The summed E-state index contributed by atoms with van der Waals surface area (Å²) in [5.41, 5.74) is -0.366. The maximum atomic E-state index is 12.9. The van der Waals surface area contributed by atoms with Gasteiger partial charge in [0.1, 0.15) is 6.04 Å². The molecule has 2 atom stereocenters. The van der Waals surface area contributed by atoms with Crippen LogP contribution in [0.25, 0.3) is 0 Å². The molecule has 0 aromatic carbocycles. The Kier molecular flexibility index (Phi) is 4.43. The second kappa shape index (κ2) is 5.98. The molecule has 1 saturated heterocycles. The number of rotatable bonds is 2. The van der Waals surface area contributed by atoms with E-state index in [0.717, 1.165) is 11.8 Å². The van der Waals surface area contributed by atoms with E-state index in [2.05, 4.69) is 10.3 Å². The summed E-state index contributed by atoms with van der Waals surface area (Å²) in [4.78, 5) is 28.1. The van der Waals surface area contributed by atoms with Crippen LogP contribution in [0.5, 0.6) is 0 Å². The largest absolute Gasteiger partial charge is 0.408 e. The molecule has 1 aromatic rings. The maximum absolute atomic E-state index is 12.9. The minimum atomic E-state index is -4.45. The van der Waals surface area contributed by atoms with Gasteiger partial charge < -0.3 is 14.8 Å². The van der Waals surface area contributed by atoms with Crippen LogP contribution in [0.1, 0.15) is 19.8 Å². The SMILES string of the molecule is CC(=O)N1CC(Nc2nccn(C)c2=O)CCC1C(F)(F)F. The third-order valence-corrected chi connectivity index (χ3v) is 3.72. The molecule has 1 amide bonds. The summed E-state index contributed by atoms with van der Waals surface area (Å²) >= 11 is 0. The zero-order valence-electron chi connectivity index (χ0n) is 12.2. The first kappa shape index (κ1) is 16.3. The highest BCUT2D eigenvalue weighted by Crippen LogP contribution is 2.32. The molecule has 1 aromatic heterocycles. The molecular formula is C13H17F3N4O2. The summed E-state index contributed by atoms with van der Waals surface area (Å²) in [5, 5.41) is 2.84. The molecule has 0 aliphatic carbocycles. The maximum Gasteiger partial charge on any atom is 0.408 e. The van der Waals surface area contributed by atoms with Crippen molar-refractivity contribution in [3.63, 3.8) is 0 Å². The second-order valence-electron chi connectivity index (χ2n) is 5.34. The van der Waals surface area contributed by atoms with Crippen molar-refractivity contribution in [2.45, 2.75) is 38.0 Å². The molecule has 2 heterocycles. The highest BCUT2D eigenvalue weighted by atomic mass is 19.4. The van der Waals surface area contributed by atoms with Gasteiger partial charge in [0.15, 0.2) is 5.82 Å². The fourth-order valence-corrected chi connectivity index (χ4v) is 2.57. The molecule has 0 bridgehead atoms. The number of likely N-dealkylation sites (tertiary alicyclic amines) is 1. The smallest absolute Gasteiger partial charge is 0.361 e. The molecule has 2 rings (SSSR count). The van der Waals surface area contributed by atoms with Crippen LogP contribution in [0.15, 0.2) is 17.2 Å². The van der Waals surface area contributed by atoms with Gasteiger partial charge in [-0.05, 0) is 12.8 Å². The van der Waals surface area contributed by atoms with Gasteiger partial charge in [-0.25, -0.2) is 4.98 Å². The van der Waals surface area contributed by atoms with E-state index in [0.29, 0.717) is 0 Å². The Morgan fingerprint density at radius 2 is 2.09 bits per heavy atom. The van der Waals surface area contributed by atoms with Crippen LogP contribution in [0.4, 0.5) is 19.0 Å². The number of anilines is 1. The average Bonchev–Trinajstić information content (AvgIpc) is 2.42. The molecule has 0 saturated carbocycles. The van der Waals surface area contributed by atoms with Crippen LogP contribution in [-0.4, -0.2) is 45.2 Å². The fraction of sp³-hybridized carbons (Fsp3) is 0.615. The van der Waals surface area contributed by atoms with Crippen molar-refractivity contribution >= 4 is 11.7 Å². The zero-order valence-corrected chi connectivity index (χ0v) is 12.2. The summed E-state index contributed by atoms with van der Waals surface area (Å²) in [6.07, 6.45) is -1.54. The minimum Gasteiger partial charge on any atom is -0.361 e. The second-order valence-corrected chi connectivity index (χ2v) is 5.34. The van der Waals surface area contributed by atoms with E-state index in [-0.39, 0.29) is 30.8 Å². The highest BCUT2D eigenvalue weighted by molar-refractivity contribution is 5.74. The van der Waals surface area contributed by atoms with E-state index in [4.69, 9.17) is 0 Å². The Bertz CT molecular complexity index is 614. The van der Waals surface area contributed by atoms with E-state index in [1.807, 2.05) is 0 Å². The molecule has 122 valence electrons. The van der Waals surface area contributed by atoms with E-state index in [9.17, 15) is 22.8 Å². The summed E-state index contributed by atoms with van der Waals surface area (Å²) in [7, 11) is 1.55. The van der Waals surface area contributed by atoms with Crippen molar-refractivity contribution in [3.8, 4) is 0 Å². The van der Waals surface area contributed by atoms with Gasteiger partial charge in [0.2, 0.25) is 5.91 Å². The number of hydrogen-bond acceptors (Lipinski definition) is 4. The Balaban J connectivity index is 2.14. The van der Waals surface area contributed by atoms with Crippen molar-refractivity contribution < 1.29 is 18.0 Å². The molecule has 1 fully saturated rings. The van der Waals surface area contributed by atoms with Crippen molar-refractivity contribution in [2.24, 2.45) is 7.05 Å². The number of nitrogens with one attached hydrogen (secondary N) is 1. The van der Waals surface area contributed by atoms with Crippen LogP contribution in [0, 0.1) is 0 Å². The lowest BCUT2D eigenvalue weighted by atomic mass is 9.97. The lowest BCUT2D eigenvalue weighted by Gasteiger charge is -2.40. The van der Waals surface area contributed by atoms with E-state index in [1.165, 1.54) is 17.0 Å². The normalized spacial score (nSPS) is 22.5. The molecular weight excluding hydrogens is 301 g/mol. The molecule has 1 N–H and O–H groups in total. The molecule has 1 aliphatic heterocycles. The monoisotopic (exact) mass is 318 g/mol. The lowest BCUT2D eigenvalue weighted by Crippen LogP contribution is -2.56. The van der Waals surface area contributed by atoms with Crippen LogP contribution in [0.2, 0.25) is 0 Å². The molecule has 0 spiro atoms. The predicted octanol–water partition coefficient (Wildman–Crippen LogP) is 1.13. The summed E-state index contributed by atoms with van der Waals surface area (Å²) in [6.45, 7) is 1.00. The van der Waals surface area contributed by atoms with Gasteiger partial charge in [-0.15, -0.1) is 0 Å². The molecule has 2 unspecified atom stereocenters. The fourth-order valence-electron chi connectivity index (χ4n) is 2.57. The highest BCUT2D eigenvalue weighted by Gasteiger charge is 2.47. The van der Waals surface area contributed by atoms with Gasteiger partial charge in [0.25, 0.3) is 5.56 Å². The number of nitrogens with zero attached hydrogens (tertiary/aromatic N) is 3. The Morgan fingerprint density at radius 1 is 1.41 bits per heavy atom. The van der Waals surface area contributed by atoms with Crippen LogP contribution in [0.3, 0.4) is 0 Å². The number of carbonyl (C=O) groups is 1. The van der Waals surface area contributed by atoms with Gasteiger partial charge in [-0.2, -0.15) is 13.2 Å². The third-order valence-electron chi connectivity index (χ3n) is 3.72. The van der Waals surface area contributed by atoms with Crippen LogP contribution < -0.4 is 10.9 Å². The standard InChI is InChI=1S/C13H17F3N4O2/c1-8(21)20-7-9(3-4-10(20)13(14,15)16)18-11-12(22)19(2)6-5-17-11/h5-6,9-10H,3-4,7H2,1-2H3,(H,17,18). The average molecular weight is 318 g/mol. The Labute approximate surface area is 124 Å². The zero-order chi connectivity index (χ0) is 16.5. The van der Waals surface area contributed by atoms with E-state index in [1.54, 1.807) is 7.05 Å². The van der Waals surface area contributed by atoms with E-state index >= 15 is 0 Å². The van der Waals surface area contributed by atoms with Gasteiger partial charge in [-0.1, -0.05) is 0 Å². The number of hydrogen-bond donors (Lipinski definition) is 1. The van der Waals surface area contributed by atoms with Gasteiger partial charge in [0.05, 0.1) is 0 Å². The van der Waals surface area contributed by atoms with Crippen molar-refractivity contribution in [3.05, 3.63) is 22.7 Å². The number of alkyl halides is 3. The number of amides is 1. The molecule has 9 heteroatoms. The molecule has 6 nitrogen and oxygen atoms in total. The van der Waals surface area contributed by atoms with Crippen molar-refractivity contribution in [2.75, 3.05) is 11.9 Å². The first-order valence-corrected chi connectivity index (χ1v) is 6.82. The van der Waals surface area contributed by atoms with Crippen molar-refractivity contribution in [1.82, 2.24) is 14.5 Å². The quantitative estimate of drug-likeness (QED) is 0.888. The van der Waals surface area contributed by atoms with Crippen molar-refractivity contribution in [1.29, 1.82) is 0 Å². The molecule has 0 radical (unpaired) electrons. The lowest BCUT2D eigenvalue weighted by molar-refractivity contribution is -0.195. The number of carbonyl (C=O) groups excluding carboxylic acids is 1. The number of piperidine rings is 1. The van der Waals surface area contributed by atoms with Gasteiger partial charge >= 0.3 is 6.18 Å².